The quantitative estimate of drug-likeness (QED) is 0.145. The predicted molar refractivity (Wildman–Crippen MR) is 174 cm³/mol. The number of carbonyl (C=O) groups excluding carboxylic acids is 1. The normalized spacial score (nSPS) is 11.4. The number of hydrogen-bond donors (Lipinski definition) is 3. The molecule has 0 aliphatic rings. The Labute approximate surface area is 262 Å². The molecule has 11 heteroatoms. The lowest BCUT2D eigenvalue weighted by Crippen LogP contribution is -2.30. The van der Waals surface area contributed by atoms with Gasteiger partial charge in [-0.3, -0.25) is 4.79 Å². The zero-order valence-corrected chi connectivity index (χ0v) is 26.1. The molecule has 0 atom stereocenters. The lowest BCUT2D eigenvalue weighted by Gasteiger charge is -2.24. The number of amides is 1. The first-order valence-corrected chi connectivity index (χ1v) is 16.0. The van der Waals surface area contributed by atoms with Gasteiger partial charge in [0, 0.05) is 36.8 Å². The van der Waals surface area contributed by atoms with Crippen molar-refractivity contribution >= 4 is 27.3 Å². The van der Waals surface area contributed by atoms with Gasteiger partial charge in [-0.1, -0.05) is 55.4 Å². The van der Waals surface area contributed by atoms with Gasteiger partial charge in [0.05, 0.1) is 16.3 Å². The van der Waals surface area contributed by atoms with Crippen molar-refractivity contribution in [1.29, 1.82) is 0 Å². The molecule has 45 heavy (non-hydrogen) atoms. The van der Waals surface area contributed by atoms with Crippen LogP contribution in [0.25, 0.3) is 22.8 Å². The molecular formula is C34H35N5O5S. The minimum absolute atomic E-state index is 0.0102. The number of carbonyl (C=O) groups is 1. The van der Waals surface area contributed by atoms with E-state index in [1.165, 1.54) is 24.3 Å². The summed E-state index contributed by atoms with van der Waals surface area (Å²) >= 11 is 0. The molecule has 1 heterocycles. The largest absolute Gasteiger partial charge is 0.508 e. The monoisotopic (exact) mass is 625 g/mol. The summed E-state index contributed by atoms with van der Waals surface area (Å²) in [5.41, 5.74) is 4.11. The molecule has 0 radical (unpaired) electrons. The van der Waals surface area contributed by atoms with Crippen LogP contribution < -0.4 is 14.9 Å². The van der Waals surface area contributed by atoms with E-state index in [1.807, 2.05) is 24.3 Å². The second-order valence-corrected chi connectivity index (χ2v) is 12.8. The van der Waals surface area contributed by atoms with Gasteiger partial charge in [0.2, 0.25) is 5.82 Å². The van der Waals surface area contributed by atoms with E-state index < -0.39 is 15.9 Å². The summed E-state index contributed by atoms with van der Waals surface area (Å²) in [6, 6.07) is 27.0. The molecule has 1 aromatic heterocycles. The van der Waals surface area contributed by atoms with Crippen molar-refractivity contribution < 1.29 is 22.8 Å². The van der Waals surface area contributed by atoms with Gasteiger partial charge >= 0.3 is 0 Å². The standard InChI is InChI=1S/C34H35N5O5S/c1-23(2)17-18-39(3)31-16-15-25(21-30(31)35-22-24-9-7-12-28(40)19-24)32-36-34(44-37-32)27-11-8-10-26(20-27)33(41)38-45(42,43)29-13-5-4-6-14-29/h4-16,19-21,23,35,40H,17-18,22H2,1-3H3,(H,38,41). The highest BCUT2D eigenvalue weighted by Crippen LogP contribution is 2.32. The number of phenols is 1. The number of rotatable bonds is 12. The predicted octanol–water partition coefficient (Wildman–Crippen LogP) is 6.32. The summed E-state index contributed by atoms with van der Waals surface area (Å²) in [4.78, 5) is 19.6. The Morgan fingerprint density at radius 2 is 1.71 bits per heavy atom. The van der Waals surface area contributed by atoms with Gasteiger partial charge in [-0.25, -0.2) is 13.1 Å². The van der Waals surface area contributed by atoms with Crippen LogP contribution in [0.5, 0.6) is 5.75 Å². The fraction of sp³-hybridized carbons (Fsp3) is 0.206. The van der Waals surface area contributed by atoms with Gasteiger partial charge in [-0.2, -0.15) is 4.98 Å². The summed E-state index contributed by atoms with van der Waals surface area (Å²) in [6.45, 7) is 5.76. The number of anilines is 2. The number of nitrogens with zero attached hydrogens (tertiary/aromatic N) is 3. The van der Waals surface area contributed by atoms with Crippen molar-refractivity contribution in [1.82, 2.24) is 14.9 Å². The second-order valence-electron chi connectivity index (χ2n) is 11.1. The summed E-state index contributed by atoms with van der Waals surface area (Å²) in [7, 11) is -1.98. The zero-order chi connectivity index (χ0) is 32.0. The smallest absolute Gasteiger partial charge is 0.265 e. The highest BCUT2D eigenvalue weighted by Gasteiger charge is 2.20. The van der Waals surface area contributed by atoms with E-state index in [9.17, 15) is 18.3 Å². The Morgan fingerprint density at radius 3 is 2.47 bits per heavy atom. The molecule has 232 valence electrons. The van der Waals surface area contributed by atoms with Crippen LogP contribution in [0, 0.1) is 5.92 Å². The molecular weight excluding hydrogens is 590 g/mol. The summed E-state index contributed by atoms with van der Waals surface area (Å²) in [6.07, 6.45) is 1.04. The molecule has 0 aliphatic carbocycles. The Hall–Kier alpha value is -5.16. The Morgan fingerprint density at radius 1 is 0.933 bits per heavy atom. The summed E-state index contributed by atoms with van der Waals surface area (Å²) < 4.78 is 32.9. The number of nitrogens with one attached hydrogen (secondary N) is 2. The molecule has 5 aromatic rings. The van der Waals surface area contributed by atoms with Crippen molar-refractivity contribution in [2.24, 2.45) is 5.92 Å². The SMILES string of the molecule is CC(C)CCN(C)c1ccc(-c2noc(-c3cccc(C(=O)NS(=O)(=O)c4ccccc4)c3)n2)cc1NCc1cccc(O)c1. The lowest BCUT2D eigenvalue weighted by atomic mass is 10.1. The van der Waals surface area contributed by atoms with Crippen molar-refractivity contribution in [3.05, 3.63) is 108 Å². The van der Waals surface area contributed by atoms with E-state index in [4.69, 9.17) is 4.52 Å². The average Bonchev–Trinajstić information content (AvgIpc) is 3.53. The van der Waals surface area contributed by atoms with Gasteiger partial charge in [0.1, 0.15) is 5.75 Å². The molecule has 0 saturated heterocycles. The molecule has 4 aromatic carbocycles. The van der Waals surface area contributed by atoms with Crippen molar-refractivity contribution in [2.75, 3.05) is 23.8 Å². The van der Waals surface area contributed by atoms with Crippen LogP contribution in [0.2, 0.25) is 0 Å². The van der Waals surface area contributed by atoms with Gasteiger partial charge in [0.25, 0.3) is 21.8 Å². The molecule has 10 nitrogen and oxygen atoms in total. The first kappa shape index (κ1) is 31.3. The molecule has 0 bridgehead atoms. The van der Waals surface area contributed by atoms with Crippen LogP contribution in [0.4, 0.5) is 11.4 Å². The number of phenolic OH excluding ortho intramolecular Hbond substituents is 1. The van der Waals surface area contributed by atoms with Crippen LogP contribution in [-0.4, -0.2) is 43.2 Å². The number of hydrogen-bond acceptors (Lipinski definition) is 9. The minimum atomic E-state index is -4.04. The first-order chi connectivity index (χ1) is 21.6. The van der Waals surface area contributed by atoms with E-state index in [0.717, 1.165) is 29.9 Å². The average molecular weight is 626 g/mol. The Bertz CT molecular complexity index is 1890. The molecule has 0 fully saturated rings. The first-order valence-electron chi connectivity index (χ1n) is 14.5. The van der Waals surface area contributed by atoms with Gasteiger partial charge < -0.3 is 19.8 Å². The molecule has 0 unspecified atom stereocenters. The molecule has 3 N–H and O–H groups in total. The molecule has 5 rings (SSSR count). The van der Waals surface area contributed by atoms with E-state index >= 15 is 0 Å². The van der Waals surface area contributed by atoms with Crippen LogP contribution in [0.1, 0.15) is 36.2 Å². The fourth-order valence-corrected chi connectivity index (χ4v) is 5.67. The third-order valence-electron chi connectivity index (χ3n) is 7.18. The topological polar surface area (TPSA) is 138 Å². The number of sulfonamides is 1. The third-order valence-corrected chi connectivity index (χ3v) is 8.53. The Balaban J connectivity index is 1.38. The minimum Gasteiger partial charge on any atom is -0.508 e. The maximum absolute atomic E-state index is 12.9. The number of benzene rings is 4. The maximum atomic E-state index is 12.9. The van der Waals surface area contributed by atoms with Crippen LogP contribution in [0.15, 0.2) is 106 Å². The highest BCUT2D eigenvalue weighted by atomic mass is 32.2. The van der Waals surface area contributed by atoms with Gasteiger partial charge in [-0.05, 0) is 78.6 Å². The molecule has 0 aliphatic heterocycles. The highest BCUT2D eigenvalue weighted by molar-refractivity contribution is 7.90. The van der Waals surface area contributed by atoms with Crippen molar-refractivity contribution in [3.63, 3.8) is 0 Å². The van der Waals surface area contributed by atoms with Crippen LogP contribution >= 0.6 is 0 Å². The maximum Gasteiger partial charge on any atom is 0.265 e. The number of aromatic nitrogens is 2. The lowest BCUT2D eigenvalue weighted by molar-refractivity contribution is 0.0981. The summed E-state index contributed by atoms with van der Waals surface area (Å²) in [5, 5.41) is 17.6. The van der Waals surface area contributed by atoms with E-state index in [0.29, 0.717) is 29.4 Å². The van der Waals surface area contributed by atoms with Gasteiger partial charge in [0.15, 0.2) is 0 Å². The Kier molecular flexibility index (Phi) is 9.48. The van der Waals surface area contributed by atoms with E-state index in [1.54, 1.807) is 48.5 Å². The summed E-state index contributed by atoms with van der Waals surface area (Å²) in [5.74, 6) is 0.517. The van der Waals surface area contributed by atoms with E-state index in [2.05, 4.69) is 46.0 Å². The second kappa shape index (κ2) is 13.6. The third kappa shape index (κ3) is 7.87. The molecule has 0 spiro atoms. The zero-order valence-electron chi connectivity index (χ0n) is 25.3. The number of aromatic hydroxyl groups is 1. The van der Waals surface area contributed by atoms with Gasteiger partial charge in [-0.15, -0.1) is 0 Å². The molecule has 1 amide bonds. The van der Waals surface area contributed by atoms with Crippen LogP contribution in [0.3, 0.4) is 0 Å². The molecule has 0 saturated carbocycles. The fourth-order valence-electron chi connectivity index (χ4n) is 4.68. The van der Waals surface area contributed by atoms with Crippen molar-refractivity contribution in [2.45, 2.75) is 31.7 Å². The van der Waals surface area contributed by atoms with E-state index in [-0.39, 0.29) is 22.1 Å². The van der Waals surface area contributed by atoms with Crippen molar-refractivity contribution in [3.8, 4) is 28.6 Å². The van der Waals surface area contributed by atoms with Crippen LogP contribution in [-0.2, 0) is 16.6 Å².